The predicted octanol–water partition coefficient (Wildman–Crippen LogP) is 1.06. The Bertz CT molecular complexity index is 398. The van der Waals surface area contributed by atoms with Crippen molar-refractivity contribution in [3.8, 4) is 6.01 Å². The molecule has 0 fully saturated rings. The third kappa shape index (κ3) is 5.69. The molecule has 0 atom stereocenters. The van der Waals surface area contributed by atoms with Gasteiger partial charge in [-0.15, -0.1) is 0 Å². The fraction of sp³-hybridized carbons (Fsp3) is 0.750. The summed E-state index contributed by atoms with van der Waals surface area (Å²) in [7, 11) is 0. The fourth-order valence-corrected chi connectivity index (χ4v) is 1.42. The van der Waals surface area contributed by atoms with Crippen molar-refractivity contribution in [2.24, 2.45) is 5.41 Å². The summed E-state index contributed by atoms with van der Waals surface area (Å²) in [6.07, 6.45) is 1.57. The molecule has 108 valence electrons. The minimum atomic E-state index is -0.0550. The van der Waals surface area contributed by atoms with Gasteiger partial charge in [-0.25, -0.2) is 0 Å². The number of aliphatic hydroxyl groups is 1. The number of anilines is 2. The van der Waals surface area contributed by atoms with Crippen molar-refractivity contribution in [3.63, 3.8) is 0 Å². The number of aromatic nitrogens is 3. The van der Waals surface area contributed by atoms with E-state index in [0.29, 0.717) is 25.5 Å². The van der Waals surface area contributed by atoms with Crippen molar-refractivity contribution in [1.82, 2.24) is 15.0 Å². The van der Waals surface area contributed by atoms with Crippen molar-refractivity contribution < 1.29 is 9.84 Å². The van der Waals surface area contributed by atoms with Gasteiger partial charge < -0.3 is 20.9 Å². The van der Waals surface area contributed by atoms with Crippen LogP contribution in [0.1, 0.15) is 33.6 Å². The largest absolute Gasteiger partial charge is 0.463 e. The van der Waals surface area contributed by atoms with Crippen molar-refractivity contribution in [2.75, 3.05) is 30.8 Å². The number of aliphatic hydroxyl groups excluding tert-OH is 1. The van der Waals surface area contributed by atoms with E-state index < -0.39 is 0 Å². The second-order valence-corrected chi connectivity index (χ2v) is 5.14. The van der Waals surface area contributed by atoms with Gasteiger partial charge >= 0.3 is 6.01 Å². The summed E-state index contributed by atoms with van der Waals surface area (Å²) in [6, 6.07) is 0.233. The number of nitrogens with zero attached hydrogens (tertiary/aromatic N) is 3. The van der Waals surface area contributed by atoms with Crippen molar-refractivity contribution in [3.05, 3.63) is 0 Å². The van der Waals surface area contributed by atoms with Crippen LogP contribution in [0.4, 0.5) is 11.9 Å². The lowest BCUT2D eigenvalue weighted by Crippen LogP contribution is -2.25. The van der Waals surface area contributed by atoms with Gasteiger partial charge in [0.05, 0.1) is 6.61 Å². The molecule has 19 heavy (non-hydrogen) atoms. The van der Waals surface area contributed by atoms with Crippen LogP contribution in [0.25, 0.3) is 0 Å². The van der Waals surface area contributed by atoms with Crippen LogP contribution in [0.3, 0.4) is 0 Å². The van der Waals surface area contributed by atoms with E-state index in [9.17, 15) is 0 Å². The fourth-order valence-electron chi connectivity index (χ4n) is 1.42. The Balaban J connectivity index is 2.65. The highest BCUT2D eigenvalue weighted by Crippen LogP contribution is 2.20. The summed E-state index contributed by atoms with van der Waals surface area (Å²) < 4.78 is 5.33. The molecular formula is C12H23N5O2. The normalized spacial score (nSPS) is 11.4. The van der Waals surface area contributed by atoms with Crippen LogP contribution in [0.5, 0.6) is 6.01 Å². The lowest BCUT2D eigenvalue weighted by molar-refractivity contribution is 0.220. The van der Waals surface area contributed by atoms with Crippen LogP contribution in [-0.4, -0.2) is 39.8 Å². The zero-order valence-electron chi connectivity index (χ0n) is 11.8. The molecule has 0 unspecified atom stereocenters. The van der Waals surface area contributed by atoms with Gasteiger partial charge in [-0.3, -0.25) is 0 Å². The first-order chi connectivity index (χ1) is 8.96. The third-order valence-electron chi connectivity index (χ3n) is 2.58. The van der Waals surface area contributed by atoms with E-state index in [0.717, 1.165) is 6.42 Å². The second kappa shape index (κ2) is 7.08. The quantitative estimate of drug-likeness (QED) is 0.648. The highest BCUT2D eigenvalue weighted by molar-refractivity contribution is 5.32. The van der Waals surface area contributed by atoms with E-state index in [1.807, 2.05) is 6.92 Å². The number of ether oxygens (including phenoxy) is 1. The Kier molecular flexibility index (Phi) is 5.75. The van der Waals surface area contributed by atoms with Crippen LogP contribution >= 0.6 is 0 Å². The van der Waals surface area contributed by atoms with E-state index in [1.54, 1.807) is 0 Å². The van der Waals surface area contributed by atoms with Crippen LogP contribution in [-0.2, 0) is 0 Å². The van der Waals surface area contributed by atoms with Gasteiger partial charge in [-0.05, 0) is 18.3 Å². The lowest BCUT2D eigenvalue weighted by atomic mass is 9.90. The van der Waals surface area contributed by atoms with Gasteiger partial charge in [-0.2, -0.15) is 15.0 Å². The smallest absolute Gasteiger partial charge is 0.323 e. The monoisotopic (exact) mass is 269 g/mol. The van der Waals surface area contributed by atoms with Crippen LogP contribution in [0.15, 0.2) is 0 Å². The number of rotatable bonds is 8. The standard InChI is InChI=1S/C12H23N5O2/c1-4-7-19-11-16-9(13)15-10(17-11)14-8-12(2,3)5-6-18/h18H,4-8H2,1-3H3,(H3,13,14,15,16,17). The number of nitrogen functional groups attached to an aromatic ring is 1. The molecule has 1 aromatic rings. The van der Waals surface area contributed by atoms with E-state index in [4.69, 9.17) is 15.6 Å². The summed E-state index contributed by atoms with van der Waals surface area (Å²) >= 11 is 0. The summed E-state index contributed by atoms with van der Waals surface area (Å²) in [6.45, 7) is 7.42. The Hall–Kier alpha value is -1.63. The molecule has 0 saturated carbocycles. The molecule has 0 spiro atoms. The zero-order valence-corrected chi connectivity index (χ0v) is 11.8. The molecule has 4 N–H and O–H groups in total. The van der Waals surface area contributed by atoms with Crippen LogP contribution < -0.4 is 15.8 Å². The van der Waals surface area contributed by atoms with E-state index >= 15 is 0 Å². The first kappa shape index (κ1) is 15.4. The van der Waals surface area contributed by atoms with Crippen LogP contribution in [0, 0.1) is 5.41 Å². The zero-order chi connectivity index (χ0) is 14.3. The summed E-state index contributed by atoms with van der Waals surface area (Å²) in [5, 5.41) is 12.1. The third-order valence-corrected chi connectivity index (χ3v) is 2.58. The molecule has 1 rings (SSSR count). The maximum absolute atomic E-state index is 8.98. The highest BCUT2D eigenvalue weighted by atomic mass is 16.5. The number of nitrogens with one attached hydrogen (secondary N) is 1. The molecule has 7 nitrogen and oxygen atoms in total. The Morgan fingerprint density at radius 2 is 2.05 bits per heavy atom. The Morgan fingerprint density at radius 3 is 2.68 bits per heavy atom. The van der Waals surface area contributed by atoms with Gasteiger partial charge in [0.25, 0.3) is 0 Å². The van der Waals surface area contributed by atoms with Gasteiger partial charge in [0, 0.05) is 13.2 Å². The first-order valence-electron chi connectivity index (χ1n) is 6.46. The number of hydrogen-bond donors (Lipinski definition) is 3. The topological polar surface area (TPSA) is 106 Å². The molecule has 7 heteroatoms. The Labute approximate surface area is 113 Å². The van der Waals surface area contributed by atoms with Gasteiger partial charge in [-0.1, -0.05) is 20.8 Å². The minimum absolute atomic E-state index is 0.0550. The second-order valence-electron chi connectivity index (χ2n) is 5.14. The van der Waals surface area contributed by atoms with E-state index in [2.05, 4.69) is 34.1 Å². The maximum atomic E-state index is 8.98. The summed E-state index contributed by atoms with van der Waals surface area (Å²) in [5.74, 6) is 0.521. The van der Waals surface area contributed by atoms with Crippen molar-refractivity contribution in [1.29, 1.82) is 0 Å². The molecule has 0 aliphatic heterocycles. The SMILES string of the molecule is CCCOc1nc(N)nc(NCC(C)(C)CCO)n1. The minimum Gasteiger partial charge on any atom is -0.463 e. The molecule has 0 aliphatic carbocycles. The first-order valence-corrected chi connectivity index (χ1v) is 6.46. The predicted molar refractivity (Wildman–Crippen MR) is 74.0 cm³/mol. The molecule has 0 bridgehead atoms. The van der Waals surface area contributed by atoms with Crippen molar-refractivity contribution in [2.45, 2.75) is 33.6 Å². The molecule has 1 heterocycles. The molecule has 0 saturated heterocycles. The lowest BCUT2D eigenvalue weighted by Gasteiger charge is -2.23. The van der Waals surface area contributed by atoms with E-state index in [1.165, 1.54) is 0 Å². The summed E-state index contributed by atoms with van der Waals surface area (Å²) in [5.41, 5.74) is 5.55. The van der Waals surface area contributed by atoms with E-state index in [-0.39, 0.29) is 24.0 Å². The molecule has 0 radical (unpaired) electrons. The van der Waals surface area contributed by atoms with Gasteiger partial charge in [0.1, 0.15) is 0 Å². The van der Waals surface area contributed by atoms with Gasteiger partial charge in [0.2, 0.25) is 11.9 Å². The van der Waals surface area contributed by atoms with Gasteiger partial charge in [0.15, 0.2) is 0 Å². The molecular weight excluding hydrogens is 246 g/mol. The maximum Gasteiger partial charge on any atom is 0.323 e. The van der Waals surface area contributed by atoms with Crippen molar-refractivity contribution >= 4 is 11.9 Å². The number of hydrogen-bond acceptors (Lipinski definition) is 7. The molecule has 1 aromatic heterocycles. The Morgan fingerprint density at radius 1 is 1.32 bits per heavy atom. The molecule has 0 aliphatic rings. The summed E-state index contributed by atoms with van der Waals surface area (Å²) in [4.78, 5) is 12.0. The average Bonchev–Trinajstić information content (AvgIpc) is 2.33. The van der Waals surface area contributed by atoms with Crippen LogP contribution in [0.2, 0.25) is 0 Å². The molecule has 0 amide bonds. The highest BCUT2D eigenvalue weighted by Gasteiger charge is 2.17. The molecule has 0 aromatic carbocycles. The average molecular weight is 269 g/mol. The number of nitrogens with two attached hydrogens (primary N) is 1.